The van der Waals surface area contributed by atoms with Crippen molar-refractivity contribution in [2.75, 3.05) is 6.61 Å². The number of hydrogen-bond donors (Lipinski definition) is 1. The van der Waals surface area contributed by atoms with Gasteiger partial charge in [-0.15, -0.1) is 0 Å². The van der Waals surface area contributed by atoms with Crippen LogP contribution in [0.3, 0.4) is 0 Å². The standard InChI is InChI=1S/C18H12N2O4/c19-10-13(18-20-15-3-1-2-4-16(15)24-18)9-12-5-7-14(8-6-12)23-11-17(21)22/h1-9H,11H2,(H,21,22)/b13-9+. The van der Waals surface area contributed by atoms with Crippen LogP contribution in [0.1, 0.15) is 11.5 Å². The molecule has 1 heterocycles. The van der Waals surface area contributed by atoms with Gasteiger partial charge in [-0.2, -0.15) is 5.26 Å². The van der Waals surface area contributed by atoms with Gasteiger partial charge in [-0.3, -0.25) is 0 Å². The third-order valence-corrected chi connectivity index (χ3v) is 3.20. The van der Waals surface area contributed by atoms with E-state index in [0.717, 1.165) is 5.56 Å². The zero-order chi connectivity index (χ0) is 16.9. The van der Waals surface area contributed by atoms with E-state index in [2.05, 4.69) is 11.1 Å². The van der Waals surface area contributed by atoms with Crippen LogP contribution >= 0.6 is 0 Å². The Morgan fingerprint density at radius 3 is 2.67 bits per heavy atom. The minimum absolute atomic E-state index is 0.255. The van der Waals surface area contributed by atoms with Crippen molar-refractivity contribution in [1.82, 2.24) is 4.98 Å². The zero-order valence-electron chi connectivity index (χ0n) is 12.5. The maximum absolute atomic E-state index is 10.5. The normalized spacial score (nSPS) is 11.2. The Kier molecular flexibility index (Phi) is 4.25. The molecule has 0 aliphatic carbocycles. The number of nitrogens with zero attached hydrogens (tertiary/aromatic N) is 2. The molecule has 1 aromatic heterocycles. The highest BCUT2D eigenvalue weighted by Gasteiger charge is 2.10. The number of rotatable bonds is 5. The molecule has 6 heteroatoms. The average molecular weight is 320 g/mol. The molecule has 0 spiro atoms. The van der Waals surface area contributed by atoms with Crippen LogP contribution in [0.15, 0.2) is 52.9 Å². The van der Waals surface area contributed by atoms with E-state index in [1.54, 1.807) is 36.4 Å². The monoisotopic (exact) mass is 320 g/mol. The van der Waals surface area contributed by atoms with Crippen LogP contribution < -0.4 is 4.74 Å². The number of aliphatic carboxylic acids is 1. The van der Waals surface area contributed by atoms with Crippen LogP contribution in [0, 0.1) is 11.3 Å². The molecule has 1 N–H and O–H groups in total. The van der Waals surface area contributed by atoms with Crippen molar-refractivity contribution < 1.29 is 19.1 Å². The van der Waals surface area contributed by atoms with Crippen molar-refractivity contribution in [1.29, 1.82) is 5.26 Å². The molecule has 118 valence electrons. The van der Waals surface area contributed by atoms with Gasteiger partial charge in [0.15, 0.2) is 12.2 Å². The number of para-hydroxylation sites is 2. The predicted molar refractivity (Wildman–Crippen MR) is 87.1 cm³/mol. The molecule has 0 saturated carbocycles. The molecule has 0 unspecified atom stereocenters. The maximum atomic E-state index is 10.5. The molecule has 0 fully saturated rings. The molecule has 0 bridgehead atoms. The molecule has 3 rings (SSSR count). The second-order valence-electron chi connectivity index (χ2n) is 4.91. The number of carboxylic acid groups (broad SMARTS) is 1. The summed E-state index contributed by atoms with van der Waals surface area (Å²) in [6, 6.07) is 16.1. The lowest BCUT2D eigenvalue weighted by Gasteiger charge is -2.03. The van der Waals surface area contributed by atoms with Crippen LogP contribution in [0.25, 0.3) is 22.7 Å². The van der Waals surface area contributed by atoms with Crippen LogP contribution in [-0.2, 0) is 4.79 Å². The molecule has 6 nitrogen and oxygen atoms in total. The molecular formula is C18H12N2O4. The first-order valence-corrected chi connectivity index (χ1v) is 7.08. The Balaban J connectivity index is 1.85. The second kappa shape index (κ2) is 6.67. The first-order chi connectivity index (χ1) is 11.7. The van der Waals surface area contributed by atoms with E-state index in [4.69, 9.17) is 14.3 Å². The van der Waals surface area contributed by atoms with Crippen LogP contribution in [-0.4, -0.2) is 22.7 Å². The third kappa shape index (κ3) is 3.42. The molecular weight excluding hydrogens is 308 g/mol. The number of carboxylic acids is 1. The number of nitriles is 1. The summed E-state index contributed by atoms with van der Waals surface area (Å²) in [5.74, 6) is -0.346. The molecule has 3 aromatic rings. The van der Waals surface area contributed by atoms with Crippen LogP contribution in [0.2, 0.25) is 0 Å². The van der Waals surface area contributed by atoms with Gasteiger partial charge in [0.1, 0.15) is 22.9 Å². The molecule has 24 heavy (non-hydrogen) atoms. The van der Waals surface area contributed by atoms with E-state index in [9.17, 15) is 10.1 Å². The average Bonchev–Trinajstić information content (AvgIpc) is 3.02. The topological polar surface area (TPSA) is 96.3 Å². The summed E-state index contributed by atoms with van der Waals surface area (Å²) in [6.45, 7) is -0.401. The number of benzene rings is 2. The molecule has 0 atom stereocenters. The van der Waals surface area contributed by atoms with Gasteiger partial charge < -0.3 is 14.3 Å². The number of fused-ring (bicyclic) bond motifs is 1. The summed E-state index contributed by atoms with van der Waals surface area (Å²) in [5.41, 5.74) is 2.35. The fraction of sp³-hybridized carbons (Fsp3) is 0.0556. The van der Waals surface area contributed by atoms with E-state index in [1.807, 2.05) is 18.2 Å². The Bertz CT molecular complexity index is 916. The van der Waals surface area contributed by atoms with E-state index >= 15 is 0 Å². The molecule has 0 radical (unpaired) electrons. The van der Waals surface area contributed by atoms with Gasteiger partial charge in [0.2, 0.25) is 5.89 Å². The Hall–Kier alpha value is -3.59. The Morgan fingerprint density at radius 1 is 1.25 bits per heavy atom. The van der Waals surface area contributed by atoms with Gasteiger partial charge in [-0.1, -0.05) is 24.3 Å². The van der Waals surface area contributed by atoms with Crippen molar-refractivity contribution in [3.05, 3.63) is 60.0 Å². The van der Waals surface area contributed by atoms with Gasteiger partial charge in [0.05, 0.1) is 0 Å². The number of aromatic nitrogens is 1. The first-order valence-electron chi connectivity index (χ1n) is 7.08. The minimum atomic E-state index is -1.04. The summed E-state index contributed by atoms with van der Waals surface area (Å²) in [6.07, 6.45) is 1.64. The maximum Gasteiger partial charge on any atom is 0.341 e. The predicted octanol–water partition coefficient (Wildman–Crippen LogP) is 3.36. The molecule has 0 saturated heterocycles. The van der Waals surface area contributed by atoms with Gasteiger partial charge in [0, 0.05) is 0 Å². The highest BCUT2D eigenvalue weighted by molar-refractivity contribution is 5.88. The third-order valence-electron chi connectivity index (χ3n) is 3.20. The number of carbonyl (C=O) groups is 1. The fourth-order valence-corrected chi connectivity index (χ4v) is 2.10. The summed E-state index contributed by atoms with van der Waals surface area (Å²) >= 11 is 0. The lowest BCUT2D eigenvalue weighted by atomic mass is 10.1. The fourth-order valence-electron chi connectivity index (χ4n) is 2.10. The van der Waals surface area contributed by atoms with E-state index in [-0.39, 0.29) is 5.89 Å². The number of hydrogen-bond acceptors (Lipinski definition) is 5. The Labute approximate surface area is 137 Å². The zero-order valence-corrected chi connectivity index (χ0v) is 12.5. The quantitative estimate of drug-likeness (QED) is 0.724. The lowest BCUT2D eigenvalue weighted by Crippen LogP contribution is -2.09. The van der Waals surface area contributed by atoms with Crippen molar-refractivity contribution >= 4 is 28.7 Å². The minimum Gasteiger partial charge on any atom is -0.482 e. The number of ether oxygens (including phenoxy) is 1. The van der Waals surface area contributed by atoms with Gasteiger partial charge in [-0.25, -0.2) is 9.78 Å². The van der Waals surface area contributed by atoms with Gasteiger partial charge >= 0.3 is 5.97 Å². The van der Waals surface area contributed by atoms with E-state index < -0.39 is 12.6 Å². The lowest BCUT2D eigenvalue weighted by molar-refractivity contribution is -0.139. The summed E-state index contributed by atoms with van der Waals surface area (Å²) in [7, 11) is 0. The van der Waals surface area contributed by atoms with Crippen molar-refractivity contribution in [2.45, 2.75) is 0 Å². The highest BCUT2D eigenvalue weighted by atomic mass is 16.5. The SMILES string of the molecule is N#C/C(=C\c1ccc(OCC(=O)O)cc1)c1nc2ccccc2o1. The summed E-state index contributed by atoms with van der Waals surface area (Å²) < 4.78 is 10.7. The van der Waals surface area contributed by atoms with Crippen LogP contribution in [0.5, 0.6) is 5.75 Å². The number of allylic oxidation sites excluding steroid dienone is 1. The second-order valence-corrected chi connectivity index (χ2v) is 4.91. The Morgan fingerprint density at radius 2 is 2.00 bits per heavy atom. The highest BCUT2D eigenvalue weighted by Crippen LogP contribution is 2.23. The smallest absolute Gasteiger partial charge is 0.341 e. The number of oxazole rings is 1. The molecule has 2 aromatic carbocycles. The molecule has 0 aliphatic rings. The summed E-state index contributed by atoms with van der Waals surface area (Å²) in [4.78, 5) is 14.8. The van der Waals surface area contributed by atoms with Crippen molar-refractivity contribution in [3.8, 4) is 11.8 Å². The molecule has 0 amide bonds. The summed E-state index contributed by atoms with van der Waals surface area (Å²) in [5, 5.41) is 17.9. The van der Waals surface area contributed by atoms with E-state index in [1.165, 1.54) is 0 Å². The van der Waals surface area contributed by atoms with E-state index in [0.29, 0.717) is 22.4 Å². The van der Waals surface area contributed by atoms with Crippen LogP contribution in [0.4, 0.5) is 0 Å². The largest absolute Gasteiger partial charge is 0.482 e. The van der Waals surface area contributed by atoms with Crippen molar-refractivity contribution in [2.24, 2.45) is 0 Å². The van der Waals surface area contributed by atoms with Crippen molar-refractivity contribution in [3.63, 3.8) is 0 Å². The van der Waals surface area contributed by atoms with Gasteiger partial charge in [0.25, 0.3) is 0 Å². The van der Waals surface area contributed by atoms with Gasteiger partial charge in [-0.05, 0) is 35.9 Å². The molecule has 0 aliphatic heterocycles. The first kappa shape index (κ1) is 15.3.